The van der Waals surface area contributed by atoms with Gasteiger partial charge < -0.3 is 5.11 Å². The molecule has 0 radical (unpaired) electrons. The molecule has 0 aliphatic rings. The van der Waals surface area contributed by atoms with Crippen LogP contribution in [0.3, 0.4) is 0 Å². The first-order valence-electron chi connectivity index (χ1n) is 3.26. The summed E-state index contributed by atoms with van der Waals surface area (Å²) >= 11 is 3.25. The van der Waals surface area contributed by atoms with Gasteiger partial charge in [-0.1, -0.05) is 0 Å². The zero-order valence-corrected chi connectivity index (χ0v) is 8.11. The van der Waals surface area contributed by atoms with E-state index in [1.54, 1.807) is 29.2 Å². The molecule has 0 spiro atoms. The van der Waals surface area contributed by atoms with Crippen LogP contribution in [0.25, 0.3) is 6.08 Å². The van der Waals surface area contributed by atoms with Crippen molar-refractivity contribution in [3.8, 4) is 0 Å². The highest BCUT2D eigenvalue weighted by molar-refractivity contribution is 8.00. The summed E-state index contributed by atoms with van der Waals surface area (Å²) in [5.74, 6) is -0.909. The van der Waals surface area contributed by atoms with Crippen LogP contribution < -0.4 is 0 Å². The average molecular weight is 200 g/mol. The molecule has 0 aliphatic carbocycles. The minimum Gasteiger partial charge on any atom is -0.478 e. The summed E-state index contributed by atoms with van der Waals surface area (Å²) in [5.41, 5.74) is 0.981. The highest BCUT2D eigenvalue weighted by atomic mass is 32.2. The fourth-order valence-electron chi connectivity index (χ4n) is 0.756. The fourth-order valence-corrected chi connectivity index (χ4v) is 2.29. The Hall–Kier alpha value is -0.740. The van der Waals surface area contributed by atoms with Crippen molar-refractivity contribution in [2.75, 3.05) is 6.26 Å². The van der Waals surface area contributed by atoms with E-state index in [0.29, 0.717) is 0 Å². The molecule has 0 aliphatic heterocycles. The summed E-state index contributed by atoms with van der Waals surface area (Å²) in [7, 11) is 0. The van der Waals surface area contributed by atoms with Crippen LogP contribution in [-0.4, -0.2) is 17.3 Å². The van der Waals surface area contributed by atoms with Crippen molar-refractivity contribution in [1.29, 1.82) is 0 Å². The van der Waals surface area contributed by atoms with Crippen molar-refractivity contribution < 1.29 is 9.90 Å². The Bertz CT molecular complexity index is 302. The van der Waals surface area contributed by atoms with Gasteiger partial charge in [0.2, 0.25) is 0 Å². The molecule has 1 aromatic rings. The summed E-state index contributed by atoms with van der Waals surface area (Å²) in [4.78, 5) is 10.2. The average Bonchev–Trinajstić information content (AvgIpc) is 2.47. The smallest absolute Gasteiger partial charge is 0.328 e. The van der Waals surface area contributed by atoms with E-state index >= 15 is 0 Å². The second-order valence-corrected chi connectivity index (χ2v) is 4.03. The van der Waals surface area contributed by atoms with Gasteiger partial charge in [0, 0.05) is 6.08 Å². The van der Waals surface area contributed by atoms with Crippen molar-refractivity contribution in [3.63, 3.8) is 0 Å². The van der Waals surface area contributed by atoms with Crippen LogP contribution in [0.2, 0.25) is 0 Å². The lowest BCUT2D eigenvalue weighted by atomic mass is 10.3. The van der Waals surface area contributed by atoms with Gasteiger partial charge in [-0.15, -0.1) is 23.1 Å². The third kappa shape index (κ3) is 2.39. The molecule has 0 fully saturated rings. The summed E-state index contributed by atoms with van der Waals surface area (Å²) in [6, 6.07) is 1.91. The summed E-state index contributed by atoms with van der Waals surface area (Å²) < 4.78 is 1.15. The number of thioether (sulfide) groups is 1. The quantitative estimate of drug-likeness (QED) is 0.602. The number of hydrogen-bond donors (Lipinski definition) is 1. The van der Waals surface area contributed by atoms with E-state index in [4.69, 9.17) is 5.11 Å². The number of rotatable bonds is 3. The maximum Gasteiger partial charge on any atom is 0.328 e. The first-order chi connectivity index (χ1) is 5.74. The van der Waals surface area contributed by atoms with Crippen molar-refractivity contribution in [3.05, 3.63) is 23.1 Å². The Morgan fingerprint density at radius 3 is 3.08 bits per heavy atom. The number of thiophene rings is 1. The predicted octanol–water partition coefficient (Wildman–Crippen LogP) is 2.57. The van der Waals surface area contributed by atoms with Crippen LogP contribution in [0.5, 0.6) is 0 Å². The Labute approximate surface area is 78.9 Å². The molecule has 0 aromatic carbocycles. The number of aliphatic carboxylic acids is 1. The first kappa shape index (κ1) is 9.35. The lowest BCUT2D eigenvalue weighted by molar-refractivity contribution is -0.131. The molecular weight excluding hydrogens is 192 g/mol. The van der Waals surface area contributed by atoms with Crippen LogP contribution in [0.1, 0.15) is 5.56 Å². The second-order valence-electron chi connectivity index (χ2n) is 2.04. The lowest BCUT2D eigenvalue weighted by Crippen LogP contribution is -1.85. The molecule has 12 heavy (non-hydrogen) atoms. The number of carboxylic acids is 1. The molecule has 0 atom stereocenters. The zero-order valence-electron chi connectivity index (χ0n) is 6.48. The second kappa shape index (κ2) is 4.33. The van der Waals surface area contributed by atoms with Gasteiger partial charge in [-0.25, -0.2) is 4.79 Å². The molecule has 1 heterocycles. The van der Waals surface area contributed by atoms with E-state index in [2.05, 4.69) is 0 Å². The Kier molecular flexibility index (Phi) is 3.37. The number of carboxylic acid groups (broad SMARTS) is 1. The first-order valence-corrected chi connectivity index (χ1v) is 5.37. The Morgan fingerprint density at radius 2 is 2.50 bits per heavy atom. The molecule has 1 N–H and O–H groups in total. The molecule has 0 amide bonds. The predicted molar refractivity (Wildman–Crippen MR) is 52.8 cm³/mol. The molecule has 0 saturated heterocycles. The summed E-state index contributed by atoms with van der Waals surface area (Å²) in [5, 5.41) is 10.3. The highest BCUT2D eigenvalue weighted by Gasteiger charge is 1.98. The van der Waals surface area contributed by atoms with Gasteiger partial charge in [0.25, 0.3) is 0 Å². The molecule has 1 rings (SSSR count). The largest absolute Gasteiger partial charge is 0.478 e. The van der Waals surface area contributed by atoms with Crippen LogP contribution in [0.15, 0.2) is 21.7 Å². The van der Waals surface area contributed by atoms with Crippen molar-refractivity contribution >= 4 is 35.1 Å². The van der Waals surface area contributed by atoms with Crippen LogP contribution in [0, 0.1) is 0 Å². The standard InChI is InChI=1S/C8H8O2S2/c1-11-8-6(4-5-12-8)2-3-7(9)10/h2-5H,1H3,(H,9,10). The van der Waals surface area contributed by atoms with Gasteiger partial charge in [0.1, 0.15) is 0 Å². The Morgan fingerprint density at radius 1 is 1.75 bits per heavy atom. The number of carbonyl (C=O) groups is 1. The van der Waals surface area contributed by atoms with E-state index in [9.17, 15) is 4.79 Å². The minimum absolute atomic E-state index is 0.909. The van der Waals surface area contributed by atoms with Crippen molar-refractivity contribution in [2.45, 2.75) is 4.21 Å². The number of hydrogen-bond acceptors (Lipinski definition) is 3. The van der Waals surface area contributed by atoms with E-state index in [1.807, 2.05) is 17.7 Å². The van der Waals surface area contributed by atoms with E-state index in [0.717, 1.165) is 15.8 Å². The van der Waals surface area contributed by atoms with Gasteiger partial charge in [0.15, 0.2) is 0 Å². The van der Waals surface area contributed by atoms with Gasteiger partial charge in [-0.05, 0) is 29.3 Å². The molecular formula is C8H8O2S2. The van der Waals surface area contributed by atoms with Gasteiger partial charge in [0.05, 0.1) is 4.21 Å². The fraction of sp³-hybridized carbons (Fsp3) is 0.125. The molecule has 64 valence electrons. The topological polar surface area (TPSA) is 37.3 Å². The Balaban J connectivity index is 2.81. The minimum atomic E-state index is -0.909. The summed E-state index contributed by atoms with van der Waals surface area (Å²) in [6.45, 7) is 0. The van der Waals surface area contributed by atoms with Gasteiger partial charge >= 0.3 is 5.97 Å². The van der Waals surface area contributed by atoms with Crippen molar-refractivity contribution in [1.82, 2.24) is 0 Å². The van der Waals surface area contributed by atoms with Crippen LogP contribution >= 0.6 is 23.1 Å². The maximum absolute atomic E-state index is 10.2. The third-order valence-electron chi connectivity index (χ3n) is 1.25. The molecule has 0 bridgehead atoms. The summed E-state index contributed by atoms with van der Waals surface area (Å²) in [6.07, 6.45) is 4.75. The zero-order chi connectivity index (χ0) is 8.97. The van der Waals surface area contributed by atoms with Gasteiger partial charge in [-0.3, -0.25) is 0 Å². The van der Waals surface area contributed by atoms with Gasteiger partial charge in [-0.2, -0.15) is 0 Å². The maximum atomic E-state index is 10.2. The normalized spacial score (nSPS) is 10.8. The SMILES string of the molecule is CSc1sccc1C=CC(=O)O. The molecule has 4 heteroatoms. The molecule has 1 aromatic heterocycles. The molecule has 0 saturated carbocycles. The van der Waals surface area contributed by atoms with Crippen LogP contribution in [-0.2, 0) is 4.79 Å². The van der Waals surface area contributed by atoms with Crippen molar-refractivity contribution in [2.24, 2.45) is 0 Å². The lowest BCUT2D eigenvalue weighted by Gasteiger charge is -1.90. The van der Waals surface area contributed by atoms with E-state index in [-0.39, 0.29) is 0 Å². The van der Waals surface area contributed by atoms with E-state index < -0.39 is 5.97 Å². The monoisotopic (exact) mass is 200 g/mol. The van der Waals surface area contributed by atoms with E-state index in [1.165, 1.54) is 0 Å². The molecule has 0 unspecified atom stereocenters. The third-order valence-corrected chi connectivity index (χ3v) is 3.37. The molecule has 2 nitrogen and oxygen atoms in total. The van der Waals surface area contributed by atoms with Crippen LogP contribution in [0.4, 0.5) is 0 Å². The highest BCUT2D eigenvalue weighted by Crippen LogP contribution is 2.27.